The van der Waals surface area contributed by atoms with E-state index >= 15 is 0 Å². The van der Waals surface area contributed by atoms with Gasteiger partial charge in [0.05, 0.1) is 26.4 Å². The largest absolute Gasteiger partial charge is 0.497 e. The molecule has 0 unspecified atom stereocenters. The van der Waals surface area contributed by atoms with Gasteiger partial charge in [0.25, 0.3) is 8.32 Å². The monoisotopic (exact) mass is 584 g/mol. The van der Waals surface area contributed by atoms with Crippen molar-refractivity contribution in [3.05, 3.63) is 121 Å². The normalized spacial score (nSPS) is 19.3. The van der Waals surface area contributed by atoms with Crippen LogP contribution in [0.5, 0.6) is 5.75 Å². The Morgan fingerprint density at radius 3 is 1.88 bits per heavy atom. The van der Waals surface area contributed by atoms with Gasteiger partial charge in [0.15, 0.2) is 0 Å². The molecule has 1 aliphatic rings. The van der Waals surface area contributed by atoms with E-state index in [1.807, 2.05) is 18.2 Å². The molecule has 0 aromatic heterocycles. The predicted octanol–water partition coefficient (Wildman–Crippen LogP) is 7.06. The Bertz CT molecular complexity index is 1300. The predicted molar refractivity (Wildman–Crippen MR) is 171 cm³/mol. The molecule has 6 heteroatoms. The number of thioether (sulfide) groups is 1. The van der Waals surface area contributed by atoms with E-state index in [1.165, 1.54) is 15.3 Å². The first-order valence-electron chi connectivity index (χ1n) is 14.3. The Hall–Kier alpha value is -2.87. The van der Waals surface area contributed by atoms with Crippen molar-refractivity contribution in [1.29, 1.82) is 0 Å². The fourth-order valence-electron chi connectivity index (χ4n) is 5.62. The fourth-order valence-corrected chi connectivity index (χ4v) is 11.3. The Morgan fingerprint density at radius 1 is 0.780 bits per heavy atom. The van der Waals surface area contributed by atoms with E-state index in [0.717, 1.165) is 17.7 Å². The molecule has 214 valence electrons. The first-order valence-corrected chi connectivity index (χ1v) is 17.0. The van der Waals surface area contributed by atoms with Crippen LogP contribution in [0.3, 0.4) is 0 Å². The highest BCUT2D eigenvalue weighted by molar-refractivity contribution is 7.99. The third-order valence-corrected chi connectivity index (χ3v) is 13.8. The van der Waals surface area contributed by atoms with Crippen LogP contribution in [0.4, 0.5) is 0 Å². The highest BCUT2D eigenvalue weighted by Gasteiger charge is 2.51. The molecule has 1 fully saturated rings. The van der Waals surface area contributed by atoms with Crippen molar-refractivity contribution >= 4 is 30.5 Å². The second kappa shape index (κ2) is 13.4. The zero-order valence-electron chi connectivity index (χ0n) is 24.4. The molecule has 0 N–H and O–H groups in total. The van der Waals surface area contributed by atoms with Gasteiger partial charge in [-0.15, -0.1) is 0 Å². The van der Waals surface area contributed by atoms with E-state index in [1.54, 1.807) is 18.9 Å². The number of benzene rings is 4. The van der Waals surface area contributed by atoms with E-state index in [9.17, 15) is 0 Å². The molecular formula is C35H40O4SSi. The third kappa shape index (κ3) is 6.96. The number of rotatable bonds is 11. The molecule has 0 aliphatic carbocycles. The van der Waals surface area contributed by atoms with Crippen molar-refractivity contribution in [3.63, 3.8) is 0 Å². The van der Waals surface area contributed by atoms with Crippen LogP contribution in [0.1, 0.15) is 32.8 Å². The molecule has 1 saturated heterocycles. The van der Waals surface area contributed by atoms with Crippen LogP contribution in [0.15, 0.2) is 120 Å². The maximum absolute atomic E-state index is 7.27. The van der Waals surface area contributed by atoms with Gasteiger partial charge in [-0.3, -0.25) is 0 Å². The smallest absolute Gasteiger partial charge is 0.261 e. The minimum atomic E-state index is -2.70. The second-order valence-electron chi connectivity index (χ2n) is 11.4. The fraction of sp³-hybridized carbons (Fsp3) is 0.314. The summed E-state index contributed by atoms with van der Waals surface area (Å²) in [6, 6.07) is 40.0. The lowest BCUT2D eigenvalue weighted by Crippen LogP contribution is -2.67. The highest BCUT2D eigenvalue weighted by Crippen LogP contribution is 2.39. The van der Waals surface area contributed by atoms with E-state index in [2.05, 4.69) is 118 Å². The standard InChI is InChI=1S/C35H40O4SSi/c1-35(2,3)41(30-16-10-6-11-17-30,31-18-12-7-13-19-31)38-26-33-32(37-25-27-20-22-28(36-4)23-21-27)24-34(39-33)40-29-14-8-5-9-15-29/h5-23,32-34H,24-26H2,1-4H3/t32-,33-,34-/m1/s1. The Morgan fingerprint density at radius 2 is 1.34 bits per heavy atom. The van der Waals surface area contributed by atoms with Gasteiger partial charge in [-0.25, -0.2) is 0 Å². The highest BCUT2D eigenvalue weighted by atomic mass is 32.2. The first kappa shape index (κ1) is 29.6. The van der Waals surface area contributed by atoms with Crippen molar-refractivity contribution in [2.24, 2.45) is 0 Å². The molecule has 0 bridgehead atoms. The van der Waals surface area contributed by atoms with Gasteiger partial charge in [-0.2, -0.15) is 0 Å². The Kier molecular flexibility index (Phi) is 9.68. The van der Waals surface area contributed by atoms with Gasteiger partial charge in [-0.1, -0.05) is 124 Å². The average Bonchev–Trinajstić information content (AvgIpc) is 3.38. The molecule has 0 amide bonds. The zero-order chi connectivity index (χ0) is 28.7. The summed E-state index contributed by atoms with van der Waals surface area (Å²) in [7, 11) is -1.01. The quantitative estimate of drug-likeness (QED) is 0.176. The third-order valence-electron chi connectivity index (χ3n) is 7.68. The first-order chi connectivity index (χ1) is 19.9. The van der Waals surface area contributed by atoms with Crippen LogP contribution in [0.25, 0.3) is 0 Å². The van der Waals surface area contributed by atoms with Gasteiger partial charge in [0, 0.05) is 11.3 Å². The summed E-state index contributed by atoms with van der Waals surface area (Å²) in [4.78, 5) is 1.19. The van der Waals surface area contributed by atoms with Crippen LogP contribution in [-0.2, 0) is 20.5 Å². The Labute approximate surface area is 250 Å². The number of ether oxygens (including phenoxy) is 3. The van der Waals surface area contributed by atoms with E-state index < -0.39 is 8.32 Å². The van der Waals surface area contributed by atoms with E-state index in [4.69, 9.17) is 18.6 Å². The molecule has 4 aromatic rings. The lowest BCUT2D eigenvalue weighted by atomic mass is 10.2. The summed E-state index contributed by atoms with van der Waals surface area (Å²) in [6.07, 6.45) is 0.525. The van der Waals surface area contributed by atoms with Crippen molar-refractivity contribution in [3.8, 4) is 5.75 Å². The maximum Gasteiger partial charge on any atom is 0.261 e. The number of hydrogen-bond acceptors (Lipinski definition) is 5. The summed E-state index contributed by atoms with van der Waals surface area (Å²) in [5, 5.41) is 2.43. The minimum absolute atomic E-state index is 0.00831. The van der Waals surface area contributed by atoms with Gasteiger partial charge in [0.2, 0.25) is 0 Å². The second-order valence-corrected chi connectivity index (χ2v) is 17.0. The molecule has 4 nitrogen and oxygen atoms in total. The van der Waals surface area contributed by atoms with Crippen LogP contribution in [0.2, 0.25) is 5.04 Å². The maximum atomic E-state index is 7.27. The van der Waals surface area contributed by atoms with Crippen molar-refractivity contribution in [2.75, 3.05) is 13.7 Å². The zero-order valence-corrected chi connectivity index (χ0v) is 26.2. The SMILES string of the molecule is COc1ccc(CO[C@@H]2C[C@@H](Sc3ccccc3)O[C@@H]2CO[Si](c2ccccc2)(c2ccccc2)C(C)(C)C)cc1. The van der Waals surface area contributed by atoms with Crippen LogP contribution < -0.4 is 15.1 Å². The van der Waals surface area contributed by atoms with Crippen molar-refractivity contribution in [2.45, 2.75) is 61.4 Å². The summed E-state index contributed by atoms with van der Waals surface area (Å²) in [5.41, 5.74) is 1.10. The van der Waals surface area contributed by atoms with Gasteiger partial charge in [-0.05, 0) is 45.2 Å². The van der Waals surface area contributed by atoms with Crippen molar-refractivity contribution in [1.82, 2.24) is 0 Å². The van der Waals surface area contributed by atoms with E-state index in [0.29, 0.717) is 13.2 Å². The topological polar surface area (TPSA) is 36.9 Å². The molecule has 3 atom stereocenters. The summed E-state index contributed by atoms with van der Waals surface area (Å²) in [6.45, 7) is 7.89. The summed E-state index contributed by atoms with van der Waals surface area (Å²) >= 11 is 1.75. The summed E-state index contributed by atoms with van der Waals surface area (Å²) in [5.74, 6) is 0.842. The molecule has 1 heterocycles. The molecule has 1 aliphatic heterocycles. The lowest BCUT2D eigenvalue weighted by molar-refractivity contribution is -0.0395. The minimum Gasteiger partial charge on any atom is -0.497 e. The molecule has 0 saturated carbocycles. The molecular weight excluding hydrogens is 545 g/mol. The molecule has 4 aromatic carbocycles. The summed E-state index contributed by atoms with van der Waals surface area (Å²) < 4.78 is 25.9. The van der Waals surface area contributed by atoms with Crippen LogP contribution in [-0.4, -0.2) is 39.7 Å². The lowest BCUT2D eigenvalue weighted by Gasteiger charge is -2.43. The molecule has 5 rings (SSSR count). The molecule has 41 heavy (non-hydrogen) atoms. The number of methoxy groups -OCH3 is 1. The van der Waals surface area contributed by atoms with Crippen LogP contribution in [0, 0.1) is 0 Å². The Balaban J connectivity index is 1.40. The average molecular weight is 585 g/mol. The van der Waals surface area contributed by atoms with E-state index in [-0.39, 0.29) is 22.7 Å². The van der Waals surface area contributed by atoms with Gasteiger partial charge >= 0.3 is 0 Å². The molecule has 0 spiro atoms. The van der Waals surface area contributed by atoms with Gasteiger partial charge < -0.3 is 18.6 Å². The van der Waals surface area contributed by atoms with Crippen LogP contribution >= 0.6 is 11.8 Å². The van der Waals surface area contributed by atoms with Crippen molar-refractivity contribution < 1.29 is 18.6 Å². The molecule has 0 radical (unpaired) electrons. The number of hydrogen-bond donors (Lipinski definition) is 0. The van der Waals surface area contributed by atoms with Gasteiger partial charge in [0.1, 0.15) is 17.3 Å².